The maximum Gasteiger partial charge on any atom is 0.142 e. The van der Waals surface area contributed by atoms with Crippen molar-refractivity contribution in [2.24, 2.45) is 0 Å². The second-order valence-electron chi connectivity index (χ2n) is 4.16. The van der Waals surface area contributed by atoms with E-state index >= 15 is 0 Å². The number of rotatable bonds is 3. The summed E-state index contributed by atoms with van der Waals surface area (Å²) in [5.74, 6) is 0.298. The van der Waals surface area contributed by atoms with Gasteiger partial charge in [0.2, 0.25) is 0 Å². The molecule has 3 nitrogen and oxygen atoms in total. The molecule has 0 radical (unpaired) electrons. The predicted molar refractivity (Wildman–Crippen MR) is 76.8 cm³/mol. The first-order valence-corrected chi connectivity index (χ1v) is 6.05. The largest absolute Gasteiger partial charge is 0.495 e. The number of nitrogens with one attached hydrogen (secondary N) is 1. The molecule has 5 heteroatoms. The Balaban J connectivity index is 2.41. The lowest BCUT2D eigenvalue weighted by atomic mass is 10.1. The van der Waals surface area contributed by atoms with Crippen LogP contribution in [0.3, 0.4) is 0 Å². The molecule has 3 N–H and O–H groups in total. The van der Waals surface area contributed by atoms with E-state index in [2.05, 4.69) is 5.32 Å². The van der Waals surface area contributed by atoms with Crippen LogP contribution in [0.1, 0.15) is 5.56 Å². The molecule has 0 aliphatic heterocycles. The highest BCUT2D eigenvalue weighted by Gasteiger charge is 2.08. The van der Waals surface area contributed by atoms with E-state index < -0.39 is 0 Å². The summed E-state index contributed by atoms with van der Waals surface area (Å²) in [4.78, 5) is 0. The molecule has 0 aliphatic carbocycles. The summed E-state index contributed by atoms with van der Waals surface area (Å²) in [5, 5.41) is 3.67. The first kappa shape index (κ1) is 13.5. The van der Waals surface area contributed by atoms with Crippen LogP contribution in [-0.4, -0.2) is 7.11 Å². The van der Waals surface area contributed by atoms with Gasteiger partial charge < -0.3 is 15.8 Å². The second kappa shape index (κ2) is 5.36. The van der Waals surface area contributed by atoms with Crippen molar-refractivity contribution in [3.8, 4) is 5.75 Å². The normalized spacial score (nSPS) is 10.3. The van der Waals surface area contributed by atoms with Crippen LogP contribution in [0.15, 0.2) is 30.3 Å². The number of ether oxygens (including phenoxy) is 1. The lowest BCUT2D eigenvalue weighted by molar-refractivity contribution is 0.417. The van der Waals surface area contributed by atoms with Crippen LogP contribution in [0.2, 0.25) is 5.02 Å². The van der Waals surface area contributed by atoms with E-state index in [1.54, 1.807) is 38.3 Å². The molecule has 0 aromatic heterocycles. The smallest absolute Gasteiger partial charge is 0.142 e. The van der Waals surface area contributed by atoms with Crippen LogP contribution >= 0.6 is 11.6 Å². The predicted octanol–water partition coefficient (Wildman–Crippen LogP) is 4.12. The van der Waals surface area contributed by atoms with Gasteiger partial charge in [-0.15, -0.1) is 0 Å². The lowest BCUT2D eigenvalue weighted by Crippen LogP contribution is -2.00. The van der Waals surface area contributed by atoms with E-state index in [0.717, 1.165) is 0 Å². The summed E-state index contributed by atoms with van der Waals surface area (Å²) in [6.07, 6.45) is 0. The van der Waals surface area contributed by atoms with Gasteiger partial charge in [0.25, 0.3) is 0 Å². The molecule has 2 rings (SSSR count). The van der Waals surface area contributed by atoms with E-state index in [1.165, 1.54) is 6.07 Å². The number of anilines is 3. The van der Waals surface area contributed by atoms with Crippen molar-refractivity contribution in [3.05, 3.63) is 46.7 Å². The SMILES string of the molecule is COc1ccc(Cl)cc1Nc1cc(C)c(F)cc1N. The van der Waals surface area contributed by atoms with Crippen molar-refractivity contribution in [3.63, 3.8) is 0 Å². The molecular formula is C14H14ClFN2O. The van der Waals surface area contributed by atoms with Crippen molar-refractivity contribution in [2.75, 3.05) is 18.2 Å². The van der Waals surface area contributed by atoms with E-state index in [-0.39, 0.29) is 5.82 Å². The fourth-order valence-corrected chi connectivity index (χ4v) is 1.90. The summed E-state index contributed by atoms with van der Waals surface area (Å²) in [7, 11) is 1.56. The molecule has 0 fully saturated rings. The first-order valence-electron chi connectivity index (χ1n) is 5.67. The number of hydrogen-bond acceptors (Lipinski definition) is 3. The van der Waals surface area contributed by atoms with Gasteiger partial charge in [-0.3, -0.25) is 0 Å². The molecule has 0 heterocycles. The summed E-state index contributed by atoms with van der Waals surface area (Å²) >= 11 is 5.95. The van der Waals surface area contributed by atoms with Gasteiger partial charge in [-0.25, -0.2) is 4.39 Å². The van der Waals surface area contributed by atoms with Gasteiger partial charge in [-0.1, -0.05) is 11.6 Å². The zero-order valence-corrected chi connectivity index (χ0v) is 11.4. The monoisotopic (exact) mass is 280 g/mol. The van der Waals surface area contributed by atoms with Crippen molar-refractivity contribution in [2.45, 2.75) is 6.92 Å². The summed E-state index contributed by atoms with van der Waals surface area (Å²) < 4.78 is 18.6. The topological polar surface area (TPSA) is 47.3 Å². The zero-order chi connectivity index (χ0) is 14.0. The van der Waals surface area contributed by atoms with E-state index in [9.17, 15) is 4.39 Å². The Morgan fingerprint density at radius 1 is 1.21 bits per heavy atom. The van der Waals surface area contributed by atoms with Gasteiger partial charge in [0.05, 0.1) is 24.2 Å². The quantitative estimate of drug-likeness (QED) is 0.831. The lowest BCUT2D eigenvalue weighted by Gasteiger charge is -2.14. The Hall–Kier alpha value is -1.94. The number of nitrogens with two attached hydrogens (primary N) is 1. The van der Waals surface area contributed by atoms with Gasteiger partial charge in [-0.05, 0) is 42.8 Å². The first-order chi connectivity index (χ1) is 9.01. The highest BCUT2D eigenvalue weighted by molar-refractivity contribution is 6.31. The number of benzene rings is 2. The molecule has 100 valence electrons. The summed E-state index contributed by atoms with van der Waals surface area (Å²) in [5.41, 5.74) is 7.91. The number of aryl methyl sites for hydroxylation is 1. The molecule has 0 spiro atoms. The minimum Gasteiger partial charge on any atom is -0.495 e. The van der Waals surface area contributed by atoms with Crippen LogP contribution in [0.25, 0.3) is 0 Å². The Bertz CT molecular complexity index is 617. The van der Waals surface area contributed by atoms with E-state index in [1.807, 2.05) is 0 Å². The third-order valence-corrected chi connectivity index (χ3v) is 3.00. The van der Waals surface area contributed by atoms with Crippen molar-refractivity contribution in [1.29, 1.82) is 0 Å². The maximum absolute atomic E-state index is 13.4. The molecule has 0 saturated heterocycles. The average Bonchev–Trinajstić information content (AvgIpc) is 2.36. The Morgan fingerprint density at radius 3 is 2.63 bits per heavy atom. The molecular weight excluding hydrogens is 267 g/mol. The van der Waals surface area contributed by atoms with Gasteiger partial charge in [0.1, 0.15) is 11.6 Å². The highest BCUT2D eigenvalue weighted by Crippen LogP contribution is 2.33. The number of hydrogen-bond donors (Lipinski definition) is 2. The van der Waals surface area contributed by atoms with Crippen LogP contribution in [-0.2, 0) is 0 Å². The van der Waals surface area contributed by atoms with Crippen molar-refractivity contribution >= 4 is 28.7 Å². The Labute approximate surface area is 116 Å². The summed E-state index contributed by atoms with van der Waals surface area (Å²) in [6, 6.07) is 8.13. The maximum atomic E-state index is 13.4. The number of methoxy groups -OCH3 is 1. The molecule has 0 amide bonds. The molecule has 2 aromatic carbocycles. The minimum atomic E-state index is -0.332. The van der Waals surface area contributed by atoms with Crippen LogP contribution in [0.4, 0.5) is 21.5 Å². The highest BCUT2D eigenvalue weighted by atomic mass is 35.5. The molecule has 0 aliphatic rings. The fourth-order valence-electron chi connectivity index (χ4n) is 1.73. The molecule has 0 bridgehead atoms. The second-order valence-corrected chi connectivity index (χ2v) is 4.59. The molecule has 0 saturated carbocycles. The van der Waals surface area contributed by atoms with Crippen LogP contribution < -0.4 is 15.8 Å². The molecule has 19 heavy (non-hydrogen) atoms. The average molecular weight is 281 g/mol. The van der Waals surface area contributed by atoms with Crippen molar-refractivity contribution in [1.82, 2.24) is 0 Å². The van der Waals surface area contributed by atoms with Crippen LogP contribution in [0.5, 0.6) is 5.75 Å². The van der Waals surface area contributed by atoms with Gasteiger partial charge in [-0.2, -0.15) is 0 Å². The number of nitrogen functional groups attached to an aromatic ring is 1. The Kier molecular flexibility index (Phi) is 3.81. The van der Waals surface area contributed by atoms with Crippen LogP contribution in [0, 0.1) is 12.7 Å². The molecule has 0 unspecified atom stereocenters. The van der Waals surface area contributed by atoms with Gasteiger partial charge in [0, 0.05) is 5.02 Å². The van der Waals surface area contributed by atoms with Gasteiger partial charge >= 0.3 is 0 Å². The number of halogens is 2. The Morgan fingerprint density at radius 2 is 1.95 bits per heavy atom. The molecule has 2 aromatic rings. The standard InChI is InChI=1S/C14H14ClFN2O/c1-8-5-12(11(17)7-10(8)16)18-13-6-9(15)3-4-14(13)19-2/h3-7,18H,17H2,1-2H3. The van der Waals surface area contributed by atoms with E-state index in [0.29, 0.717) is 33.4 Å². The summed E-state index contributed by atoms with van der Waals surface area (Å²) in [6.45, 7) is 1.68. The van der Waals surface area contributed by atoms with E-state index in [4.69, 9.17) is 22.1 Å². The van der Waals surface area contributed by atoms with Gasteiger partial charge in [0.15, 0.2) is 0 Å². The van der Waals surface area contributed by atoms with Crippen molar-refractivity contribution < 1.29 is 9.13 Å². The zero-order valence-electron chi connectivity index (χ0n) is 10.6. The fraction of sp³-hybridized carbons (Fsp3) is 0.143. The minimum absolute atomic E-state index is 0.324. The molecule has 0 atom stereocenters. The third kappa shape index (κ3) is 2.90. The third-order valence-electron chi connectivity index (χ3n) is 2.76.